The highest BCUT2D eigenvalue weighted by Gasteiger charge is 2.46. The Bertz CT molecular complexity index is 3770. The fraction of sp³-hybridized carbons (Fsp3) is 0.0400. The molecule has 12 aromatic carbocycles. The van der Waals surface area contributed by atoms with Crippen LogP contribution in [0.15, 0.2) is 315 Å². The third kappa shape index (κ3) is 8.72. The van der Waals surface area contributed by atoms with Crippen molar-refractivity contribution in [2.24, 2.45) is 0 Å². The second-order valence-electron chi connectivity index (χ2n) is 20.0. The maximum atomic E-state index is 2.53. The largest absolute Gasteiger partial charge is 0.310 e. The summed E-state index contributed by atoms with van der Waals surface area (Å²) in [5.41, 5.74) is 23.7. The standard InChI is InChI=1S/C75H55N/c1-5-19-55(20-6-1)59-37-35-54(36-38-59)51-72(63-41-39-60(40-42-63)56-21-7-2-8-22-56)64-27-17-28-65(52-64)75(73-33-15-13-31-70(73)71-32-14-16-34-74(71)75)66-29-18-30-69(53-66)76(67-47-43-61(44-48-67)57-23-9-3-10-24-57)68-49-45-62(46-50-68)58-25-11-4-12-26-58/h1-50,52-53,72H,51H2. The fourth-order valence-corrected chi connectivity index (χ4v) is 11.9. The summed E-state index contributed by atoms with van der Waals surface area (Å²) in [7, 11) is 0. The Morgan fingerprint density at radius 2 is 0.632 bits per heavy atom. The molecular formula is C75H55N. The van der Waals surface area contributed by atoms with Crippen molar-refractivity contribution in [2.75, 3.05) is 4.90 Å². The van der Waals surface area contributed by atoms with Crippen LogP contribution in [-0.4, -0.2) is 0 Å². The third-order valence-corrected chi connectivity index (χ3v) is 15.6. The van der Waals surface area contributed by atoms with E-state index in [1.54, 1.807) is 0 Å². The molecule has 0 spiro atoms. The van der Waals surface area contributed by atoms with E-state index in [-0.39, 0.29) is 5.92 Å². The molecule has 12 aromatic rings. The summed E-state index contributed by atoms with van der Waals surface area (Å²) >= 11 is 0. The van der Waals surface area contributed by atoms with Crippen molar-refractivity contribution in [2.45, 2.75) is 17.8 Å². The summed E-state index contributed by atoms with van der Waals surface area (Å²) in [6.07, 6.45) is 0.847. The summed E-state index contributed by atoms with van der Waals surface area (Å²) < 4.78 is 0. The first kappa shape index (κ1) is 46.2. The highest BCUT2D eigenvalue weighted by atomic mass is 15.1. The summed E-state index contributed by atoms with van der Waals surface area (Å²) in [4.78, 5) is 2.42. The lowest BCUT2D eigenvalue weighted by molar-refractivity contribution is 0.754. The number of nitrogens with zero attached hydrogens (tertiary/aromatic N) is 1. The Hall–Kier alpha value is -9.56. The van der Waals surface area contributed by atoms with Gasteiger partial charge in [0.15, 0.2) is 0 Å². The van der Waals surface area contributed by atoms with Gasteiger partial charge in [-0.1, -0.05) is 279 Å². The molecule has 1 heteroatoms. The number of anilines is 3. The lowest BCUT2D eigenvalue weighted by Crippen LogP contribution is -2.29. The summed E-state index contributed by atoms with van der Waals surface area (Å²) in [6.45, 7) is 0. The summed E-state index contributed by atoms with van der Waals surface area (Å²) in [5, 5.41) is 0. The Balaban J connectivity index is 0.969. The molecule has 0 radical (unpaired) electrons. The van der Waals surface area contributed by atoms with Crippen molar-refractivity contribution in [3.63, 3.8) is 0 Å². The summed E-state index contributed by atoms with van der Waals surface area (Å²) in [6, 6.07) is 116. The van der Waals surface area contributed by atoms with Gasteiger partial charge in [0.05, 0.1) is 5.41 Å². The molecule has 1 aliphatic carbocycles. The van der Waals surface area contributed by atoms with Crippen LogP contribution in [0.4, 0.5) is 17.1 Å². The van der Waals surface area contributed by atoms with E-state index in [4.69, 9.17) is 0 Å². The van der Waals surface area contributed by atoms with E-state index in [9.17, 15) is 0 Å². The van der Waals surface area contributed by atoms with E-state index in [0.29, 0.717) is 0 Å². The molecule has 0 saturated heterocycles. The minimum absolute atomic E-state index is 0.0795. The number of rotatable bonds is 13. The highest BCUT2D eigenvalue weighted by molar-refractivity contribution is 5.88. The molecule has 0 aliphatic heterocycles. The van der Waals surface area contributed by atoms with E-state index >= 15 is 0 Å². The third-order valence-electron chi connectivity index (χ3n) is 15.6. The van der Waals surface area contributed by atoms with Gasteiger partial charge in [0.1, 0.15) is 0 Å². The maximum Gasteiger partial charge on any atom is 0.0714 e. The van der Waals surface area contributed by atoms with Crippen molar-refractivity contribution in [1.82, 2.24) is 0 Å². The second-order valence-corrected chi connectivity index (χ2v) is 20.0. The molecule has 360 valence electrons. The molecule has 1 unspecified atom stereocenters. The van der Waals surface area contributed by atoms with Crippen LogP contribution in [0.3, 0.4) is 0 Å². The summed E-state index contributed by atoms with van der Waals surface area (Å²) in [5.74, 6) is 0.0795. The van der Waals surface area contributed by atoms with E-state index in [1.807, 2.05) is 0 Å². The van der Waals surface area contributed by atoms with Crippen LogP contribution in [0, 0.1) is 0 Å². The molecule has 0 aromatic heterocycles. The molecule has 0 bridgehead atoms. The van der Waals surface area contributed by atoms with Gasteiger partial charge >= 0.3 is 0 Å². The van der Waals surface area contributed by atoms with Gasteiger partial charge in [0.25, 0.3) is 0 Å². The van der Waals surface area contributed by atoms with Gasteiger partial charge in [-0.15, -0.1) is 0 Å². The molecular weight excluding hydrogens is 915 g/mol. The molecule has 76 heavy (non-hydrogen) atoms. The van der Waals surface area contributed by atoms with E-state index in [0.717, 1.165) is 23.5 Å². The van der Waals surface area contributed by atoms with Crippen molar-refractivity contribution in [3.05, 3.63) is 354 Å². The fourth-order valence-electron chi connectivity index (χ4n) is 11.9. The predicted molar refractivity (Wildman–Crippen MR) is 319 cm³/mol. The van der Waals surface area contributed by atoms with Gasteiger partial charge in [0.2, 0.25) is 0 Å². The quantitative estimate of drug-likeness (QED) is 0.111. The zero-order valence-electron chi connectivity index (χ0n) is 42.3. The molecule has 0 saturated carbocycles. The van der Waals surface area contributed by atoms with Gasteiger partial charge in [0, 0.05) is 23.0 Å². The van der Waals surface area contributed by atoms with Crippen LogP contribution in [0.2, 0.25) is 0 Å². The van der Waals surface area contributed by atoms with Gasteiger partial charge in [-0.05, 0) is 137 Å². The van der Waals surface area contributed by atoms with Crippen LogP contribution in [0.25, 0.3) is 55.6 Å². The lowest BCUT2D eigenvalue weighted by Gasteiger charge is -2.36. The van der Waals surface area contributed by atoms with Gasteiger partial charge < -0.3 is 4.90 Å². The normalized spacial score (nSPS) is 12.6. The van der Waals surface area contributed by atoms with E-state index in [1.165, 1.54) is 94.6 Å². The number of hydrogen-bond donors (Lipinski definition) is 0. The van der Waals surface area contributed by atoms with Gasteiger partial charge in [-0.25, -0.2) is 0 Å². The van der Waals surface area contributed by atoms with Crippen molar-refractivity contribution in [1.29, 1.82) is 0 Å². The van der Waals surface area contributed by atoms with Crippen LogP contribution >= 0.6 is 0 Å². The van der Waals surface area contributed by atoms with Crippen molar-refractivity contribution in [3.8, 4) is 55.6 Å². The molecule has 0 fully saturated rings. The van der Waals surface area contributed by atoms with Gasteiger partial charge in [-0.3, -0.25) is 0 Å². The van der Waals surface area contributed by atoms with E-state index in [2.05, 4.69) is 320 Å². The number of fused-ring (bicyclic) bond motifs is 3. The molecule has 1 atom stereocenters. The monoisotopic (exact) mass is 969 g/mol. The molecule has 1 nitrogen and oxygen atoms in total. The van der Waals surface area contributed by atoms with Gasteiger partial charge in [-0.2, -0.15) is 0 Å². The molecule has 1 aliphatic rings. The average molecular weight is 970 g/mol. The minimum Gasteiger partial charge on any atom is -0.310 e. The highest BCUT2D eigenvalue weighted by Crippen LogP contribution is 2.57. The van der Waals surface area contributed by atoms with Crippen LogP contribution in [0.5, 0.6) is 0 Å². The SMILES string of the molecule is c1ccc(-c2ccc(CC(c3ccc(-c4ccccc4)cc3)c3cccc(C4(c5cccc(N(c6ccc(-c7ccccc7)cc6)c6ccc(-c7ccccc7)cc6)c5)c5ccccc5-c5ccccc54)c3)cc2)cc1. The maximum absolute atomic E-state index is 2.53. The topological polar surface area (TPSA) is 3.24 Å². The lowest BCUT2D eigenvalue weighted by atomic mass is 9.67. The van der Waals surface area contributed by atoms with Crippen molar-refractivity contribution < 1.29 is 0 Å². The first-order chi connectivity index (χ1) is 37.7. The van der Waals surface area contributed by atoms with Crippen LogP contribution < -0.4 is 4.90 Å². The van der Waals surface area contributed by atoms with E-state index < -0.39 is 5.41 Å². The Morgan fingerprint density at radius 1 is 0.263 bits per heavy atom. The Labute approximate surface area is 447 Å². The zero-order chi connectivity index (χ0) is 50.7. The molecule has 0 heterocycles. The zero-order valence-corrected chi connectivity index (χ0v) is 42.3. The average Bonchev–Trinajstić information content (AvgIpc) is 3.86. The van der Waals surface area contributed by atoms with Crippen LogP contribution in [0.1, 0.15) is 44.9 Å². The minimum atomic E-state index is -0.641. The Kier molecular flexibility index (Phi) is 12.4. The number of benzene rings is 12. The molecule has 0 N–H and O–H groups in total. The first-order valence-electron chi connectivity index (χ1n) is 26.5. The first-order valence-corrected chi connectivity index (χ1v) is 26.5. The smallest absolute Gasteiger partial charge is 0.0714 e. The molecule has 13 rings (SSSR count). The predicted octanol–water partition coefficient (Wildman–Crippen LogP) is 19.6. The van der Waals surface area contributed by atoms with Crippen molar-refractivity contribution >= 4 is 17.1 Å². The second kappa shape index (κ2) is 20.4. The van der Waals surface area contributed by atoms with Crippen LogP contribution in [-0.2, 0) is 11.8 Å². The Morgan fingerprint density at radius 3 is 1.09 bits per heavy atom. The number of hydrogen-bond acceptors (Lipinski definition) is 1. The molecule has 0 amide bonds.